The first-order valence-electron chi connectivity index (χ1n) is 6.87. The average Bonchev–Trinajstić information content (AvgIpc) is 2.40. The zero-order valence-corrected chi connectivity index (χ0v) is 12.6. The number of nitrogens with zero attached hydrogens (tertiary/aromatic N) is 2. The summed E-state index contributed by atoms with van der Waals surface area (Å²) in [6.07, 6.45) is 0. The summed E-state index contributed by atoms with van der Waals surface area (Å²) >= 11 is 0. The molecule has 20 heavy (non-hydrogen) atoms. The van der Waals surface area contributed by atoms with Gasteiger partial charge in [-0.05, 0) is 26.6 Å². The molecule has 0 saturated carbocycles. The van der Waals surface area contributed by atoms with E-state index in [2.05, 4.69) is 11.4 Å². The van der Waals surface area contributed by atoms with Gasteiger partial charge in [-0.15, -0.1) is 0 Å². The second-order valence-electron chi connectivity index (χ2n) is 5.16. The summed E-state index contributed by atoms with van der Waals surface area (Å²) in [5, 5.41) is 11.9. The maximum Gasteiger partial charge on any atom is 0.317 e. The molecule has 0 aromatic heterocycles. The van der Waals surface area contributed by atoms with Gasteiger partial charge in [0, 0.05) is 26.2 Å². The highest BCUT2D eigenvalue weighted by Gasteiger charge is 2.12. The van der Waals surface area contributed by atoms with E-state index < -0.39 is 0 Å². The molecular weight excluding hydrogens is 254 g/mol. The van der Waals surface area contributed by atoms with E-state index in [9.17, 15) is 4.79 Å². The molecule has 0 unspecified atom stereocenters. The first kappa shape index (κ1) is 16.5. The highest BCUT2D eigenvalue weighted by atomic mass is 16.3. The number of aliphatic hydroxyl groups is 1. The Morgan fingerprint density at radius 3 is 2.60 bits per heavy atom. The fourth-order valence-corrected chi connectivity index (χ4v) is 1.87. The number of urea groups is 1. The minimum absolute atomic E-state index is 0.0225. The molecule has 2 amide bonds. The van der Waals surface area contributed by atoms with Gasteiger partial charge in [-0.25, -0.2) is 4.79 Å². The van der Waals surface area contributed by atoms with Crippen molar-refractivity contribution in [2.24, 2.45) is 0 Å². The Labute approximate surface area is 121 Å². The lowest BCUT2D eigenvalue weighted by atomic mass is 10.1. The summed E-state index contributed by atoms with van der Waals surface area (Å²) in [6, 6.07) is 7.91. The average molecular weight is 279 g/mol. The van der Waals surface area contributed by atoms with Crippen molar-refractivity contribution < 1.29 is 9.90 Å². The Morgan fingerprint density at radius 2 is 2.00 bits per heavy atom. The van der Waals surface area contributed by atoms with Crippen LogP contribution in [-0.4, -0.2) is 61.3 Å². The van der Waals surface area contributed by atoms with E-state index >= 15 is 0 Å². The Bertz CT molecular complexity index is 421. The number of amides is 2. The highest BCUT2D eigenvalue weighted by molar-refractivity contribution is 5.74. The van der Waals surface area contributed by atoms with Gasteiger partial charge in [-0.3, -0.25) is 0 Å². The zero-order valence-electron chi connectivity index (χ0n) is 12.6. The van der Waals surface area contributed by atoms with Crippen LogP contribution in [0.1, 0.15) is 11.1 Å². The first-order valence-corrected chi connectivity index (χ1v) is 6.87. The van der Waals surface area contributed by atoms with Crippen molar-refractivity contribution in [3.63, 3.8) is 0 Å². The summed E-state index contributed by atoms with van der Waals surface area (Å²) in [6.45, 7) is 4.24. The largest absolute Gasteiger partial charge is 0.395 e. The SMILES string of the molecule is Cc1cccc(CNC(=O)N(CCO)CCN(C)C)c1. The van der Waals surface area contributed by atoms with Crippen molar-refractivity contribution in [3.8, 4) is 0 Å². The third-order valence-corrected chi connectivity index (χ3v) is 3.00. The van der Waals surface area contributed by atoms with E-state index in [1.807, 2.05) is 44.1 Å². The Morgan fingerprint density at radius 1 is 1.25 bits per heavy atom. The minimum atomic E-state index is -0.137. The molecule has 0 aliphatic carbocycles. The van der Waals surface area contributed by atoms with E-state index in [-0.39, 0.29) is 12.6 Å². The van der Waals surface area contributed by atoms with E-state index in [1.54, 1.807) is 4.90 Å². The number of carbonyl (C=O) groups is 1. The van der Waals surface area contributed by atoms with Crippen molar-refractivity contribution in [3.05, 3.63) is 35.4 Å². The monoisotopic (exact) mass is 279 g/mol. The summed E-state index contributed by atoms with van der Waals surface area (Å²) in [4.78, 5) is 15.7. The van der Waals surface area contributed by atoms with Gasteiger partial charge in [-0.2, -0.15) is 0 Å². The normalized spacial score (nSPS) is 10.7. The minimum Gasteiger partial charge on any atom is -0.395 e. The number of rotatable bonds is 7. The molecule has 112 valence electrons. The molecular formula is C15H25N3O2. The van der Waals surface area contributed by atoms with Crippen LogP contribution in [0.5, 0.6) is 0 Å². The summed E-state index contributed by atoms with van der Waals surface area (Å²) in [5.41, 5.74) is 2.26. The van der Waals surface area contributed by atoms with Crippen LogP contribution in [0.15, 0.2) is 24.3 Å². The molecule has 5 nitrogen and oxygen atoms in total. The quantitative estimate of drug-likeness (QED) is 0.785. The first-order chi connectivity index (χ1) is 9.52. The number of carbonyl (C=O) groups excluding carboxylic acids is 1. The van der Waals surface area contributed by atoms with E-state index in [0.717, 1.165) is 12.1 Å². The van der Waals surface area contributed by atoms with Crippen LogP contribution in [0.2, 0.25) is 0 Å². The second-order valence-corrected chi connectivity index (χ2v) is 5.16. The maximum absolute atomic E-state index is 12.1. The smallest absolute Gasteiger partial charge is 0.317 e. The predicted molar refractivity (Wildman–Crippen MR) is 80.6 cm³/mol. The van der Waals surface area contributed by atoms with Crippen LogP contribution in [0.4, 0.5) is 4.79 Å². The summed E-state index contributed by atoms with van der Waals surface area (Å²) in [5.74, 6) is 0. The van der Waals surface area contributed by atoms with Crippen LogP contribution in [0.3, 0.4) is 0 Å². The topological polar surface area (TPSA) is 55.8 Å². The molecule has 5 heteroatoms. The van der Waals surface area contributed by atoms with Gasteiger partial charge in [0.05, 0.1) is 6.61 Å². The van der Waals surface area contributed by atoms with Gasteiger partial charge < -0.3 is 20.2 Å². The Balaban J connectivity index is 2.48. The van der Waals surface area contributed by atoms with Crippen molar-refractivity contribution in [2.45, 2.75) is 13.5 Å². The van der Waals surface area contributed by atoms with E-state index in [4.69, 9.17) is 5.11 Å². The highest BCUT2D eigenvalue weighted by Crippen LogP contribution is 2.03. The number of aryl methyl sites for hydroxylation is 1. The third kappa shape index (κ3) is 6.04. The molecule has 1 rings (SSSR count). The molecule has 1 aromatic rings. The van der Waals surface area contributed by atoms with Crippen LogP contribution in [-0.2, 0) is 6.54 Å². The van der Waals surface area contributed by atoms with Crippen molar-refractivity contribution >= 4 is 6.03 Å². The molecule has 0 aliphatic heterocycles. The zero-order chi connectivity index (χ0) is 15.0. The van der Waals surface area contributed by atoms with Crippen molar-refractivity contribution in [2.75, 3.05) is 40.3 Å². The van der Waals surface area contributed by atoms with Gasteiger partial charge in [0.2, 0.25) is 0 Å². The van der Waals surface area contributed by atoms with Gasteiger partial charge in [0.1, 0.15) is 0 Å². The summed E-state index contributed by atoms with van der Waals surface area (Å²) < 4.78 is 0. The fourth-order valence-electron chi connectivity index (χ4n) is 1.87. The molecule has 0 spiro atoms. The summed E-state index contributed by atoms with van der Waals surface area (Å²) in [7, 11) is 3.92. The molecule has 0 bridgehead atoms. The predicted octanol–water partition coefficient (Wildman–Crippen LogP) is 1.06. The standard InChI is InChI=1S/C15H25N3O2/c1-13-5-4-6-14(11-13)12-16-15(20)18(9-10-19)8-7-17(2)3/h4-6,11,19H,7-10,12H2,1-3H3,(H,16,20). The van der Waals surface area contributed by atoms with Gasteiger partial charge in [0.25, 0.3) is 0 Å². The van der Waals surface area contributed by atoms with Crippen molar-refractivity contribution in [1.82, 2.24) is 15.1 Å². The number of likely N-dealkylation sites (N-methyl/N-ethyl adjacent to an activating group) is 1. The van der Waals surface area contributed by atoms with Crippen molar-refractivity contribution in [1.29, 1.82) is 0 Å². The van der Waals surface area contributed by atoms with Gasteiger partial charge in [0.15, 0.2) is 0 Å². The van der Waals surface area contributed by atoms with Crippen LogP contribution < -0.4 is 5.32 Å². The molecule has 0 saturated heterocycles. The Kier molecular flexibility index (Phi) is 7.04. The Hall–Kier alpha value is -1.59. The lowest BCUT2D eigenvalue weighted by Crippen LogP contribution is -2.44. The van der Waals surface area contributed by atoms with Crippen LogP contribution in [0.25, 0.3) is 0 Å². The molecule has 0 aliphatic rings. The number of hydrogen-bond acceptors (Lipinski definition) is 3. The van der Waals surface area contributed by atoms with Crippen LogP contribution >= 0.6 is 0 Å². The maximum atomic E-state index is 12.1. The molecule has 0 atom stereocenters. The molecule has 0 radical (unpaired) electrons. The number of benzene rings is 1. The van der Waals surface area contributed by atoms with Gasteiger partial charge >= 0.3 is 6.03 Å². The van der Waals surface area contributed by atoms with E-state index in [1.165, 1.54) is 5.56 Å². The third-order valence-electron chi connectivity index (χ3n) is 3.00. The molecule has 1 aromatic carbocycles. The number of aliphatic hydroxyl groups excluding tert-OH is 1. The van der Waals surface area contributed by atoms with Gasteiger partial charge in [-0.1, -0.05) is 29.8 Å². The number of nitrogens with one attached hydrogen (secondary N) is 1. The second kappa shape index (κ2) is 8.55. The molecule has 0 fully saturated rings. The fraction of sp³-hybridized carbons (Fsp3) is 0.533. The molecule has 2 N–H and O–H groups in total. The molecule has 0 heterocycles. The lowest BCUT2D eigenvalue weighted by Gasteiger charge is -2.24. The van der Waals surface area contributed by atoms with E-state index in [0.29, 0.717) is 19.6 Å². The lowest BCUT2D eigenvalue weighted by molar-refractivity contribution is 0.171. The number of hydrogen-bond donors (Lipinski definition) is 2. The van der Waals surface area contributed by atoms with Crippen LogP contribution in [0, 0.1) is 6.92 Å².